The van der Waals surface area contributed by atoms with Crippen LogP contribution < -0.4 is 9.46 Å². The van der Waals surface area contributed by atoms with E-state index in [4.69, 9.17) is 9.15 Å². The second kappa shape index (κ2) is 8.26. The monoisotopic (exact) mass is 407 g/mol. The number of benzene rings is 1. The van der Waals surface area contributed by atoms with Gasteiger partial charge in [-0.05, 0) is 41.6 Å². The van der Waals surface area contributed by atoms with E-state index >= 15 is 0 Å². The van der Waals surface area contributed by atoms with Gasteiger partial charge in [0.25, 0.3) is 0 Å². The Morgan fingerprint density at radius 1 is 1.22 bits per heavy atom. The first-order valence-electron chi connectivity index (χ1n) is 8.32. The maximum Gasteiger partial charge on any atom is 0.212 e. The summed E-state index contributed by atoms with van der Waals surface area (Å²) in [5.41, 5.74) is -0.0821. The zero-order chi connectivity index (χ0) is 19.3. The summed E-state index contributed by atoms with van der Waals surface area (Å²) < 4.78 is 37.6. The molecule has 1 aromatic carbocycles. The van der Waals surface area contributed by atoms with E-state index in [1.54, 1.807) is 31.4 Å². The van der Waals surface area contributed by atoms with Gasteiger partial charge >= 0.3 is 0 Å². The van der Waals surface area contributed by atoms with Gasteiger partial charge in [0.1, 0.15) is 11.4 Å². The molecule has 3 aromatic rings. The molecule has 144 valence electrons. The first kappa shape index (κ1) is 19.6. The third-order valence-electron chi connectivity index (χ3n) is 4.29. The van der Waals surface area contributed by atoms with Crippen molar-refractivity contribution in [1.29, 1.82) is 0 Å². The summed E-state index contributed by atoms with van der Waals surface area (Å²) in [6.07, 6.45) is 3.24. The topological polar surface area (TPSA) is 88.8 Å². The van der Waals surface area contributed by atoms with Gasteiger partial charge in [-0.15, -0.1) is 11.3 Å². The van der Waals surface area contributed by atoms with Gasteiger partial charge in [0.2, 0.25) is 10.0 Å². The van der Waals surface area contributed by atoms with Crippen LogP contribution in [0.2, 0.25) is 0 Å². The molecule has 0 unspecified atom stereocenters. The molecule has 2 heterocycles. The average Bonchev–Trinajstić information content (AvgIpc) is 3.39. The van der Waals surface area contributed by atoms with E-state index in [0.717, 1.165) is 11.3 Å². The SMILES string of the molecule is COc1ccc(CCS(=O)(=O)NC[C@](O)(c2ccoc2)c2cccs2)cc1. The van der Waals surface area contributed by atoms with Crippen molar-refractivity contribution in [3.8, 4) is 5.75 Å². The van der Waals surface area contributed by atoms with Crippen LogP contribution in [0.4, 0.5) is 0 Å². The maximum atomic E-state index is 12.4. The smallest absolute Gasteiger partial charge is 0.212 e. The lowest BCUT2D eigenvalue weighted by Gasteiger charge is -2.26. The van der Waals surface area contributed by atoms with Crippen LogP contribution >= 0.6 is 11.3 Å². The number of aliphatic hydroxyl groups is 1. The van der Waals surface area contributed by atoms with Crippen LogP contribution in [0.1, 0.15) is 16.0 Å². The molecule has 0 spiro atoms. The van der Waals surface area contributed by atoms with E-state index < -0.39 is 15.6 Å². The van der Waals surface area contributed by atoms with Crippen LogP contribution in [0, 0.1) is 0 Å². The minimum Gasteiger partial charge on any atom is -0.497 e. The summed E-state index contributed by atoms with van der Waals surface area (Å²) in [6.45, 7) is -0.169. The van der Waals surface area contributed by atoms with Gasteiger partial charge in [0.05, 0.1) is 25.4 Å². The molecular weight excluding hydrogens is 386 g/mol. The molecule has 0 bridgehead atoms. The molecule has 27 heavy (non-hydrogen) atoms. The lowest BCUT2D eigenvalue weighted by atomic mass is 9.95. The Kier molecular flexibility index (Phi) is 6.01. The maximum absolute atomic E-state index is 12.4. The van der Waals surface area contributed by atoms with Crippen molar-refractivity contribution in [3.63, 3.8) is 0 Å². The van der Waals surface area contributed by atoms with Gasteiger partial charge < -0.3 is 14.3 Å². The first-order valence-corrected chi connectivity index (χ1v) is 10.9. The average molecular weight is 408 g/mol. The fourth-order valence-electron chi connectivity index (χ4n) is 2.68. The highest BCUT2D eigenvalue weighted by Gasteiger charge is 2.35. The molecule has 2 N–H and O–H groups in total. The molecule has 8 heteroatoms. The predicted octanol–water partition coefficient (Wildman–Crippen LogP) is 2.75. The zero-order valence-electron chi connectivity index (χ0n) is 14.8. The van der Waals surface area contributed by atoms with Gasteiger partial charge in [-0.2, -0.15) is 0 Å². The molecule has 0 saturated heterocycles. The van der Waals surface area contributed by atoms with Crippen LogP contribution in [-0.2, 0) is 22.0 Å². The number of thiophene rings is 1. The number of methoxy groups -OCH3 is 1. The van der Waals surface area contributed by atoms with E-state index in [9.17, 15) is 13.5 Å². The number of furan rings is 1. The highest BCUT2D eigenvalue weighted by Crippen LogP contribution is 2.32. The summed E-state index contributed by atoms with van der Waals surface area (Å²) in [7, 11) is -2.00. The Hall–Kier alpha value is -2.13. The van der Waals surface area contributed by atoms with Crippen molar-refractivity contribution in [2.45, 2.75) is 12.0 Å². The molecule has 3 rings (SSSR count). The second-order valence-corrected chi connectivity index (χ2v) is 8.96. The molecule has 0 aliphatic heterocycles. The Labute approximate surface area is 162 Å². The van der Waals surface area contributed by atoms with Crippen molar-refractivity contribution >= 4 is 21.4 Å². The number of rotatable bonds is 9. The van der Waals surface area contributed by atoms with Crippen LogP contribution in [0.5, 0.6) is 5.75 Å². The number of hydrogen-bond donors (Lipinski definition) is 2. The summed E-state index contributed by atoms with van der Waals surface area (Å²) in [5, 5.41) is 13.0. The number of hydrogen-bond acceptors (Lipinski definition) is 6. The lowest BCUT2D eigenvalue weighted by Crippen LogP contribution is -2.41. The van der Waals surface area contributed by atoms with E-state index in [0.29, 0.717) is 16.9 Å². The molecule has 0 fully saturated rings. The lowest BCUT2D eigenvalue weighted by molar-refractivity contribution is 0.0892. The number of sulfonamides is 1. The summed E-state index contributed by atoms with van der Waals surface area (Å²) in [4.78, 5) is 0.641. The van der Waals surface area contributed by atoms with Gasteiger partial charge in [0.15, 0.2) is 0 Å². The third-order valence-corrected chi connectivity index (χ3v) is 6.64. The van der Waals surface area contributed by atoms with Crippen molar-refractivity contribution in [3.05, 3.63) is 76.4 Å². The fourth-order valence-corrected chi connectivity index (χ4v) is 4.60. The van der Waals surface area contributed by atoms with Crippen molar-refractivity contribution in [2.24, 2.45) is 0 Å². The molecular formula is C19H21NO5S2. The Balaban J connectivity index is 1.67. The Morgan fingerprint density at radius 2 is 2.00 bits per heavy atom. The van der Waals surface area contributed by atoms with E-state index in [1.165, 1.54) is 23.9 Å². The quantitative estimate of drug-likeness (QED) is 0.569. The van der Waals surface area contributed by atoms with Crippen LogP contribution in [0.15, 0.2) is 64.8 Å². The van der Waals surface area contributed by atoms with Crippen molar-refractivity contribution in [1.82, 2.24) is 4.72 Å². The largest absolute Gasteiger partial charge is 0.497 e. The molecule has 2 aromatic heterocycles. The van der Waals surface area contributed by atoms with Gasteiger partial charge in [-0.25, -0.2) is 13.1 Å². The number of ether oxygens (including phenoxy) is 1. The van der Waals surface area contributed by atoms with Gasteiger partial charge in [-0.3, -0.25) is 0 Å². The molecule has 6 nitrogen and oxygen atoms in total. The second-order valence-electron chi connectivity index (χ2n) is 6.09. The van der Waals surface area contributed by atoms with Crippen molar-refractivity contribution < 1.29 is 22.7 Å². The highest BCUT2D eigenvalue weighted by molar-refractivity contribution is 7.89. The standard InChI is InChI=1S/C19H21NO5S2/c1-24-17-6-4-15(5-7-17)9-12-27(22,23)20-14-19(21,16-8-10-25-13-16)18-3-2-11-26-18/h2-8,10-11,13,20-21H,9,12,14H2,1H3/t19-/m0/s1. The molecule has 0 aliphatic rings. The number of aryl methyl sites for hydroxylation is 1. The van der Waals surface area contributed by atoms with Crippen LogP contribution in [0.25, 0.3) is 0 Å². The molecule has 0 saturated carbocycles. The summed E-state index contributed by atoms with van der Waals surface area (Å²) in [6, 6.07) is 12.5. The summed E-state index contributed by atoms with van der Waals surface area (Å²) in [5.74, 6) is 0.645. The van der Waals surface area contributed by atoms with Crippen LogP contribution in [-0.4, -0.2) is 32.9 Å². The summed E-state index contributed by atoms with van der Waals surface area (Å²) >= 11 is 1.35. The van der Waals surface area contributed by atoms with Gasteiger partial charge in [-0.1, -0.05) is 18.2 Å². The minimum atomic E-state index is -3.58. The van der Waals surface area contributed by atoms with Gasteiger partial charge in [0, 0.05) is 17.0 Å². The first-order chi connectivity index (χ1) is 12.9. The molecule has 0 aliphatic carbocycles. The van der Waals surface area contributed by atoms with E-state index in [2.05, 4.69) is 4.72 Å². The highest BCUT2D eigenvalue weighted by atomic mass is 32.2. The zero-order valence-corrected chi connectivity index (χ0v) is 16.4. The third kappa shape index (κ3) is 4.78. The molecule has 0 radical (unpaired) electrons. The van der Waals surface area contributed by atoms with Crippen LogP contribution in [0.3, 0.4) is 0 Å². The Morgan fingerprint density at radius 3 is 2.59 bits per heavy atom. The predicted molar refractivity (Wildman–Crippen MR) is 105 cm³/mol. The van der Waals surface area contributed by atoms with E-state index in [1.807, 2.05) is 23.6 Å². The van der Waals surface area contributed by atoms with Crippen molar-refractivity contribution in [2.75, 3.05) is 19.4 Å². The minimum absolute atomic E-state index is 0.0781. The normalized spacial score (nSPS) is 14.0. The fraction of sp³-hybridized carbons (Fsp3) is 0.263. The molecule has 0 amide bonds. The molecule has 1 atom stereocenters. The Bertz CT molecular complexity index is 898. The van der Waals surface area contributed by atoms with E-state index in [-0.39, 0.29) is 12.3 Å². The number of nitrogens with one attached hydrogen (secondary N) is 1.